The molecular weight excluding hydrogens is 421 g/mol. The molecule has 0 fully saturated rings. The molecule has 1 atom stereocenters. The molecule has 0 unspecified atom stereocenters. The van der Waals surface area contributed by atoms with Crippen LogP contribution >= 0.6 is 11.6 Å². The monoisotopic (exact) mass is 441 g/mol. The highest BCUT2D eigenvalue weighted by molar-refractivity contribution is 6.31. The molecule has 1 N–H and O–H groups in total. The van der Waals surface area contributed by atoms with Crippen LogP contribution in [0.15, 0.2) is 66.7 Å². The summed E-state index contributed by atoms with van der Waals surface area (Å²) in [6.07, 6.45) is 0. The fourth-order valence-corrected chi connectivity index (χ4v) is 3.19. The van der Waals surface area contributed by atoms with E-state index < -0.39 is 17.8 Å². The van der Waals surface area contributed by atoms with E-state index >= 15 is 0 Å². The Hall–Kier alpha value is -3.38. The normalized spacial score (nSPS) is 11.5. The third-order valence-electron chi connectivity index (χ3n) is 4.69. The zero-order valence-electron chi connectivity index (χ0n) is 17.0. The molecule has 0 aliphatic heterocycles. The predicted molar refractivity (Wildman–Crippen MR) is 116 cm³/mol. The van der Waals surface area contributed by atoms with E-state index in [0.29, 0.717) is 21.7 Å². The van der Waals surface area contributed by atoms with Gasteiger partial charge in [-0.2, -0.15) is 0 Å². The number of benzene rings is 3. The molecule has 3 rings (SSSR count). The number of rotatable bonds is 7. The molecule has 0 bridgehead atoms. The van der Waals surface area contributed by atoms with Crippen LogP contribution in [0.4, 0.5) is 4.39 Å². The van der Waals surface area contributed by atoms with Crippen LogP contribution < -0.4 is 10.1 Å². The summed E-state index contributed by atoms with van der Waals surface area (Å²) in [6, 6.07) is 17.3. The highest BCUT2D eigenvalue weighted by atomic mass is 35.5. The van der Waals surface area contributed by atoms with Gasteiger partial charge in [-0.3, -0.25) is 4.79 Å². The third kappa shape index (κ3) is 5.61. The van der Waals surface area contributed by atoms with Crippen LogP contribution in [0.5, 0.6) is 5.75 Å². The Kier molecular flexibility index (Phi) is 7.26. The van der Waals surface area contributed by atoms with Crippen LogP contribution in [0.25, 0.3) is 0 Å². The van der Waals surface area contributed by atoms with Gasteiger partial charge in [0, 0.05) is 16.1 Å². The molecule has 0 aromatic heterocycles. The van der Waals surface area contributed by atoms with Crippen molar-refractivity contribution in [1.82, 2.24) is 5.32 Å². The van der Waals surface area contributed by atoms with Gasteiger partial charge in [0.2, 0.25) is 0 Å². The first-order chi connectivity index (χ1) is 14.9. The van der Waals surface area contributed by atoms with E-state index in [1.165, 1.54) is 25.3 Å². The number of carbonyl (C=O) groups excluding carboxylic acids is 2. The van der Waals surface area contributed by atoms with E-state index in [4.69, 9.17) is 21.1 Å². The minimum atomic E-state index is -0.485. The first-order valence-corrected chi connectivity index (χ1v) is 9.91. The number of carbonyl (C=O) groups is 2. The van der Waals surface area contributed by atoms with Crippen LogP contribution in [0.3, 0.4) is 0 Å². The molecule has 0 radical (unpaired) electrons. The third-order valence-corrected chi connectivity index (χ3v) is 4.93. The lowest BCUT2D eigenvalue weighted by atomic mass is 10.0. The van der Waals surface area contributed by atoms with Crippen LogP contribution in [0.2, 0.25) is 5.02 Å². The van der Waals surface area contributed by atoms with E-state index in [0.717, 1.165) is 5.56 Å². The second kappa shape index (κ2) is 10.1. The van der Waals surface area contributed by atoms with Gasteiger partial charge >= 0.3 is 5.97 Å². The summed E-state index contributed by atoms with van der Waals surface area (Å²) in [5.74, 6) is -1.22. The first kappa shape index (κ1) is 22.3. The molecule has 1 amide bonds. The standard InChI is InChI=1S/C24H21ClFNO4/c1-15(16-6-5-7-17(12-16)24(29)30-2)27-23(28)20-13-19(25)11-10-18(20)14-31-22-9-4-3-8-21(22)26/h3-13,15H,14H2,1-2H3,(H,27,28)/t15-/m0/s1. The largest absolute Gasteiger partial charge is 0.486 e. The minimum Gasteiger partial charge on any atom is -0.486 e. The Labute approximate surface area is 184 Å². The van der Waals surface area contributed by atoms with Gasteiger partial charge in [0.25, 0.3) is 5.91 Å². The van der Waals surface area contributed by atoms with Crippen LogP contribution in [0, 0.1) is 5.82 Å². The Morgan fingerprint density at radius 2 is 1.84 bits per heavy atom. The number of para-hydroxylation sites is 1. The zero-order valence-corrected chi connectivity index (χ0v) is 17.8. The smallest absolute Gasteiger partial charge is 0.337 e. The second-order valence-electron chi connectivity index (χ2n) is 6.83. The summed E-state index contributed by atoms with van der Waals surface area (Å²) in [7, 11) is 1.31. The number of ether oxygens (including phenoxy) is 2. The van der Waals surface area contributed by atoms with Crippen LogP contribution in [0.1, 0.15) is 44.8 Å². The van der Waals surface area contributed by atoms with Crippen molar-refractivity contribution in [3.63, 3.8) is 0 Å². The van der Waals surface area contributed by atoms with Gasteiger partial charge in [-0.15, -0.1) is 0 Å². The predicted octanol–water partition coefficient (Wildman–Crippen LogP) is 5.34. The first-order valence-electron chi connectivity index (χ1n) is 9.54. The summed E-state index contributed by atoms with van der Waals surface area (Å²) in [4.78, 5) is 24.7. The summed E-state index contributed by atoms with van der Waals surface area (Å²) in [5.41, 5.74) is 2.01. The van der Waals surface area contributed by atoms with Crippen molar-refractivity contribution in [3.05, 3.63) is 99.8 Å². The van der Waals surface area contributed by atoms with Crippen LogP contribution in [-0.2, 0) is 11.3 Å². The van der Waals surface area contributed by atoms with E-state index in [1.54, 1.807) is 55.5 Å². The van der Waals surface area contributed by atoms with E-state index in [2.05, 4.69) is 5.32 Å². The quantitative estimate of drug-likeness (QED) is 0.503. The van der Waals surface area contributed by atoms with E-state index in [1.807, 2.05) is 0 Å². The second-order valence-corrected chi connectivity index (χ2v) is 7.27. The maximum atomic E-state index is 13.8. The van der Waals surface area contributed by atoms with Gasteiger partial charge in [0.1, 0.15) is 6.61 Å². The average Bonchev–Trinajstić information content (AvgIpc) is 2.78. The number of esters is 1. The molecule has 31 heavy (non-hydrogen) atoms. The molecular formula is C24H21ClFNO4. The maximum absolute atomic E-state index is 13.8. The van der Waals surface area contributed by atoms with E-state index in [-0.39, 0.29) is 18.3 Å². The Bertz CT molecular complexity index is 1100. The number of hydrogen-bond acceptors (Lipinski definition) is 4. The topological polar surface area (TPSA) is 64.6 Å². The molecule has 7 heteroatoms. The average molecular weight is 442 g/mol. The Morgan fingerprint density at radius 1 is 1.06 bits per heavy atom. The summed E-state index contributed by atoms with van der Waals surface area (Å²) < 4.78 is 24.1. The molecule has 0 spiro atoms. The Balaban J connectivity index is 1.77. The van der Waals surface area contributed by atoms with Crippen molar-refractivity contribution in [1.29, 1.82) is 0 Å². The van der Waals surface area contributed by atoms with Crippen molar-refractivity contribution in [3.8, 4) is 5.75 Å². The number of amides is 1. The van der Waals surface area contributed by atoms with Crippen molar-refractivity contribution >= 4 is 23.5 Å². The van der Waals surface area contributed by atoms with Crippen molar-refractivity contribution < 1.29 is 23.5 Å². The molecule has 3 aromatic rings. The SMILES string of the molecule is COC(=O)c1cccc([C@H](C)NC(=O)c2cc(Cl)ccc2COc2ccccc2F)c1. The summed E-state index contributed by atoms with van der Waals surface area (Å²) >= 11 is 6.10. The zero-order chi connectivity index (χ0) is 22.4. The molecule has 0 heterocycles. The fourth-order valence-electron chi connectivity index (χ4n) is 3.01. The van der Waals surface area contributed by atoms with Gasteiger partial charge < -0.3 is 14.8 Å². The lowest BCUT2D eigenvalue weighted by Crippen LogP contribution is -2.28. The van der Waals surface area contributed by atoms with Crippen molar-refractivity contribution in [2.45, 2.75) is 19.6 Å². The van der Waals surface area contributed by atoms with Gasteiger partial charge in [-0.25, -0.2) is 9.18 Å². The van der Waals surface area contributed by atoms with Gasteiger partial charge in [-0.1, -0.05) is 41.9 Å². The van der Waals surface area contributed by atoms with Gasteiger partial charge in [-0.05, 0) is 48.9 Å². The Morgan fingerprint density at radius 3 is 2.58 bits per heavy atom. The highest BCUT2D eigenvalue weighted by Crippen LogP contribution is 2.22. The highest BCUT2D eigenvalue weighted by Gasteiger charge is 2.17. The minimum absolute atomic E-state index is 0.00688. The van der Waals surface area contributed by atoms with Gasteiger partial charge in [0.15, 0.2) is 11.6 Å². The lowest BCUT2D eigenvalue weighted by Gasteiger charge is -2.17. The van der Waals surface area contributed by atoms with Crippen molar-refractivity contribution in [2.75, 3.05) is 7.11 Å². The molecule has 0 saturated carbocycles. The van der Waals surface area contributed by atoms with Crippen LogP contribution in [-0.4, -0.2) is 19.0 Å². The number of nitrogens with one attached hydrogen (secondary N) is 1. The summed E-state index contributed by atoms with van der Waals surface area (Å²) in [6.45, 7) is 1.79. The lowest BCUT2D eigenvalue weighted by molar-refractivity contribution is 0.0600. The molecule has 0 saturated heterocycles. The number of methoxy groups -OCH3 is 1. The number of hydrogen-bond donors (Lipinski definition) is 1. The van der Waals surface area contributed by atoms with Crippen molar-refractivity contribution in [2.24, 2.45) is 0 Å². The molecule has 5 nitrogen and oxygen atoms in total. The molecule has 160 valence electrons. The summed E-state index contributed by atoms with van der Waals surface area (Å²) in [5, 5.41) is 3.28. The number of halogens is 2. The maximum Gasteiger partial charge on any atom is 0.337 e. The molecule has 3 aromatic carbocycles. The van der Waals surface area contributed by atoms with Gasteiger partial charge in [0.05, 0.1) is 18.7 Å². The molecule has 0 aliphatic rings. The van der Waals surface area contributed by atoms with E-state index in [9.17, 15) is 14.0 Å². The fraction of sp³-hybridized carbons (Fsp3) is 0.167. The molecule has 0 aliphatic carbocycles.